The van der Waals surface area contributed by atoms with Gasteiger partial charge in [-0.3, -0.25) is 4.79 Å². The summed E-state index contributed by atoms with van der Waals surface area (Å²) in [5.41, 5.74) is 5.75. The molecule has 1 heterocycles. The molecule has 1 N–H and O–H groups in total. The molecule has 5 heteroatoms. The lowest BCUT2D eigenvalue weighted by Crippen LogP contribution is -2.41. The van der Waals surface area contributed by atoms with Crippen LogP contribution in [-0.2, 0) is 24.2 Å². The van der Waals surface area contributed by atoms with E-state index in [9.17, 15) is 4.79 Å². The molecule has 0 saturated carbocycles. The van der Waals surface area contributed by atoms with Crippen molar-refractivity contribution in [1.82, 2.24) is 5.32 Å². The molecule has 0 unspecified atom stereocenters. The summed E-state index contributed by atoms with van der Waals surface area (Å²) >= 11 is 0. The summed E-state index contributed by atoms with van der Waals surface area (Å²) in [6.07, 6.45) is 5.18. The number of aryl methyl sites for hydroxylation is 3. The van der Waals surface area contributed by atoms with Gasteiger partial charge in [0.2, 0.25) is 5.91 Å². The lowest BCUT2D eigenvalue weighted by molar-refractivity contribution is -0.123. The van der Waals surface area contributed by atoms with Gasteiger partial charge in [0, 0.05) is 11.6 Å². The molecule has 1 aliphatic heterocycles. The van der Waals surface area contributed by atoms with E-state index >= 15 is 0 Å². The van der Waals surface area contributed by atoms with Gasteiger partial charge in [-0.1, -0.05) is 6.07 Å². The standard InChI is InChI=1S/C25H32N2O3/c1-17-13-23(29-2)22(24(14-17)30-3)16-27(25(28)19-9-11-26-12-10-19)21-8-7-18-5-4-6-20(18)15-21/h7-8,13-15,19,26H,4-6,9-12,16H2,1-3H3. The van der Waals surface area contributed by atoms with Crippen molar-refractivity contribution in [3.63, 3.8) is 0 Å². The van der Waals surface area contributed by atoms with Gasteiger partial charge >= 0.3 is 0 Å². The number of rotatable bonds is 6. The zero-order chi connectivity index (χ0) is 21.1. The number of piperidine rings is 1. The fourth-order valence-electron chi connectivity index (χ4n) is 4.74. The molecule has 0 bridgehead atoms. The number of methoxy groups -OCH3 is 2. The summed E-state index contributed by atoms with van der Waals surface area (Å²) < 4.78 is 11.4. The highest BCUT2D eigenvalue weighted by Crippen LogP contribution is 2.35. The number of carbonyl (C=O) groups is 1. The molecule has 1 aliphatic carbocycles. The maximum absolute atomic E-state index is 13.7. The van der Waals surface area contributed by atoms with E-state index in [-0.39, 0.29) is 11.8 Å². The number of anilines is 1. The topological polar surface area (TPSA) is 50.8 Å². The second-order valence-corrected chi connectivity index (χ2v) is 8.40. The van der Waals surface area contributed by atoms with E-state index < -0.39 is 0 Å². The average Bonchev–Trinajstić information content (AvgIpc) is 3.25. The number of hydrogen-bond donors (Lipinski definition) is 1. The van der Waals surface area contributed by atoms with Crippen molar-refractivity contribution in [2.24, 2.45) is 5.92 Å². The molecule has 30 heavy (non-hydrogen) atoms. The first-order valence-electron chi connectivity index (χ1n) is 11.0. The lowest BCUT2D eigenvalue weighted by Gasteiger charge is -2.31. The van der Waals surface area contributed by atoms with Crippen molar-refractivity contribution in [2.45, 2.75) is 45.6 Å². The Bertz CT molecular complexity index is 894. The third kappa shape index (κ3) is 4.17. The summed E-state index contributed by atoms with van der Waals surface area (Å²) in [6, 6.07) is 10.5. The molecule has 160 valence electrons. The Kier molecular flexibility index (Phi) is 6.28. The number of nitrogens with one attached hydrogen (secondary N) is 1. The van der Waals surface area contributed by atoms with E-state index in [1.165, 1.54) is 17.5 Å². The summed E-state index contributed by atoms with van der Waals surface area (Å²) in [7, 11) is 3.35. The largest absolute Gasteiger partial charge is 0.496 e. The van der Waals surface area contributed by atoms with Crippen LogP contribution in [0.3, 0.4) is 0 Å². The van der Waals surface area contributed by atoms with Gasteiger partial charge in [-0.2, -0.15) is 0 Å². The zero-order valence-corrected chi connectivity index (χ0v) is 18.3. The molecule has 0 radical (unpaired) electrons. The minimum absolute atomic E-state index is 0.0435. The monoisotopic (exact) mass is 408 g/mol. The fourth-order valence-corrected chi connectivity index (χ4v) is 4.74. The van der Waals surface area contributed by atoms with Crippen molar-refractivity contribution < 1.29 is 14.3 Å². The first-order chi connectivity index (χ1) is 14.6. The molecule has 5 nitrogen and oxygen atoms in total. The van der Waals surface area contributed by atoms with E-state index in [4.69, 9.17) is 9.47 Å². The van der Waals surface area contributed by atoms with E-state index in [1.807, 2.05) is 24.0 Å². The maximum Gasteiger partial charge on any atom is 0.230 e. The molecular weight excluding hydrogens is 376 g/mol. The summed E-state index contributed by atoms with van der Waals surface area (Å²) in [5, 5.41) is 3.36. The van der Waals surface area contributed by atoms with Crippen LogP contribution < -0.4 is 19.7 Å². The number of amides is 1. The normalized spacial score (nSPS) is 16.2. The first-order valence-corrected chi connectivity index (χ1v) is 11.0. The predicted octanol–water partition coefficient (Wildman–Crippen LogP) is 4.03. The van der Waals surface area contributed by atoms with Crippen molar-refractivity contribution in [2.75, 3.05) is 32.2 Å². The van der Waals surface area contributed by atoms with E-state index in [0.717, 1.165) is 67.1 Å². The van der Waals surface area contributed by atoms with E-state index in [0.29, 0.717) is 6.54 Å². The van der Waals surface area contributed by atoms with Crippen LogP contribution in [0.2, 0.25) is 0 Å². The third-order valence-electron chi connectivity index (χ3n) is 6.42. The average molecular weight is 409 g/mol. The molecule has 1 amide bonds. The highest BCUT2D eigenvalue weighted by atomic mass is 16.5. The lowest BCUT2D eigenvalue weighted by atomic mass is 9.95. The minimum Gasteiger partial charge on any atom is -0.496 e. The molecule has 2 aromatic rings. The smallest absolute Gasteiger partial charge is 0.230 e. The van der Waals surface area contributed by atoms with Crippen molar-refractivity contribution in [1.29, 1.82) is 0 Å². The van der Waals surface area contributed by atoms with Gasteiger partial charge in [-0.15, -0.1) is 0 Å². The fraction of sp³-hybridized carbons (Fsp3) is 0.480. The van der Waals surface area contributed by atoms with Crippen LogP contribution in [-0.4, -0.2) is 33.2 Å². The van der Waals surface area contributed by atoms with E-state index in [1.54, 1.807) is 14.2 Å². The predicted molar refractivity (Wildman–Crippen MR) is 120 cm³/mol. The molecular formula is C25H32N2O3. The number of nitrogens with zero attached hydrogens (tertiary/aromatic N) is 1. The highest BCUT2D eigenvalue weighted by molar-refractivity contribution is 5.95. The Morgan fingerprint density at radius 2 is 1.70 bits per heavy atom. The summed E-state index contributed by atoms with van der Waals surface area (Å²) in [6.45, 7) is 4.25. The molecule has 1 saturated heterocycles. The molecule has 0 spiro atoms. The maximum atomic E-state index is 13.7. The molecule has 4 rings (SSSR count). The van der Waals surface area contributed by atoms with Crippen LogP contribution >= 0.6 is 0 Å². The van der Waals surface area contributed by atoms with Crippen LogP contribution in [0, 0.1) is 12.8 Å². The number of benzene rings is 2. The van der Waals surface area contributed by atoms with Gasteiger partial charge < -0.3 is 19.7 Å². The van der Waals surface area contributed by atoms with Gasteiger partial charge in [0.15, 0.2) is 0 Å². The SMILES string of the molecule is COc1cc(C)cc(OC)c1CN(C(=O)C1CCNCC1)c1ccc2c(c1)CCC2. The molecule has 0 atom stereocenters. The van der Waals surface area contributed by atoms with Crippen molar-refractivity contribution in [3.8, 4) is 11.5 Å². The van der Waals surface area contributed by atoms with Crippen LogP contribution in [0.4, 0.5) is 5.69 Å². The second kappa shape index (κ2) is 9.09. The minimum atomic E-state index is 0.0435. The number of fused-ring (bicyclic) bond motifs is 1. The number of carbonyl (C=O) groups excluding carboxylic acids is 1. The van der Waals surface area contributed by atoms with Crippen LogP contribution in [0.25, 0.3) is 0 Å². The summed E-state index contributed by atoms with van der Waals surface area (Å²) in [5.74, 6) is 1.76. The van der Waals surface area contributed by atoms with Crippen molar-refractivity contribution in [3.05, 3.63) is 52.6 Å². The molecule has 2 aliphatic rings. The first kappa shape index (κ1) is 20.7. The van der Waals surface area contributed by atoms with Gasteiger partial charge in [-0.25, -0.2) is 0 Å². The molecule has 2 aromatic carbocycles. The Morgan fingerprint density at radius 1 is 1.03 bits per heavy atom. The van der Waals surface area contributed by atoms with Gasteiger partial charge in [0.05, 0.1) is 26.3 Å². The highest BCUT2D eigenvalue weighted by Gasteiger charge is 2.29. The Balaban J connectivity index is 1.73. The quantitative estimate of drug-likeness (QED) is 0.784. The van der Waals surface area contributed by atoms with Gasteiger partial charge in [-0.05, 0) is 93.1 Å². The van der Waals surface area contributed by atoms with Crippen LogP contribution in [0.5, 0.6) is 11.5 Å². The summed E-state index contributed by atoms with van der Waals surface area (Å²) in [4.78, 5) is 15.6. The second-order valence-electron chi connectivity index (χ2n) is 8.40. The Morgan fingerprint density at radius 3 is 2.37 bits per heavy atom. The van der Waals surface area contributed by atoms with Crippen molar-refractivity contribution >= 4 is 11.6 Å². The Hall–Kier alpha value is -2.53. The van der Waals surface area contributed by atoms with Gasteiger partial charge in [0.1, 0.15) is 11.5 Å². The number of hydrogen-bond acceptors (Lipinski definition) is 4. The zero-order valence-electron chi connectivity index (χ0n) is 18.3. The van der Waals surface area contributed by atoms with Crippen LogP contribution in [0.15, 0.2) is 30.3 Å². The van der Waals surface area contributed by atoms with Gasteiger partial charge in [0.25, 0.3) is 0 Å². The number of ether oxygens (including phenoxy) is 2. The third-order valence-corrected chi connectivity index (χ3v) is 6.42. The Labute approximate surface area is 179 Å². The molecule has 0 aromatic heterocycles. The van der Waals surface area contributed by atoms with Crippen LogP contribution in [0.1, 0.15) is 41.5 Å². The molecule has 1 fully saturated rings. The van der Waals surface area contributed by atoms with E-state index in [2.05, 4.69) is 23.5 Å².